The molecule has 6 nitrogen and oxygen atoms in total. The highest BCUT2D eigenvalue weighted by atomic mass is 35.5. The van der Waals surface area contributed by atoms with Gasteiger partial charge in [0.2, 0.25) is 0 Å². The van der Waals surface area contributed by atoms with E-state index in [-0.39, 0.29) is 0 Å². The van der Waals surface area contributed by atoms with Crippen LogP contribution in [-0.4, -0.2) is 67.8 Å². The number of fused-ring (bicyclic) bond motifs is 1. The molecule has 0 radical (unpaired) electrons. The number of morpholine rings is 1. The molecule has 2 aliphatic rings. The van der Waals surface area contributed by atoms with E-state index in [9.17, 15) is 0 Å². The Morgan fingerprint density at radius 3 is 2.93 bits per heavy atom. The van der Waals surface area contributed by atoms with E-state index < -0.39 is 0 Å². The van der Waals surface area contributed by atoms with Gasteiger partial charge in [0.25, 0.3) is 0 Å². The number of aliphatic imine (C=N–C) groups is 1. The van der Waals surface area contributed by atoms with Gasteiger partial charge in [0, 0.05) is 36.6 Å². The first kappa shape index (κ1) is 18.6. The van der Waals surface area contributed by atoms with Crippen molar-refractivity contribution in [3.63, 3.8) is 0 Å². The monoisotopic (exact) mass is 389 g/mol. The average molecular weight is 390 g/mol. The van der Waals surface area contributed by atoms with Crippen molar-refractivity contribution in [3.05, 3.63) is 28.8 Å². The molecule has 2 N–H and O–H groups in total. The van der Waals surface area contributed by atoms with Crippen molar-refractivity contribution >= 4 is 34.2 Å². The van der Waals surface area contributed by atoms with Gasteiger partial charge in [-0.3, -0.25) is 9.89 Å². The standard InChI is InChI=1S/C20H28ClN5O/c1-15-17-13-16(21)3-4-18(17)26(14-19-22-6-7-23-19)20(15)24-5-2-8-25-9-11-27-12-10-25/h3-4,13,24H,2,5-12,14H2,1H3,(H,22,23). The van der Waals surface area contributed by atoms with Crippen LogP contribution in [0, 0.1) is 6.92 Å². The Hall–Kier alpha value is -1.76. The summed E-state index contributed by atoms with van der Waals surface area (Å²) in [5.41, 5.74) is 2.45. The zero-order valence-corrected chi connectivity index (χ0v) is 16.7. The lowest BCUT2D eigenvalue weighted by molar-refractivity contribution is 0.0378. The molecule has 1 fully saturated rings. The Kier molecular flexibility index (Phi) is 5.86. The molecule has 2 aromatic rings. The normalized spacial score (nSPS) is 17.9. The molecule has 1 saturated heterocycles. The first-order chi connectivity index (χ1) is 13.2. The van der Waals surface area contributed by atoms with Gasteiger partial charge in [-0.15, -0.1) is 0 Å². The number of halogens is 1. The smallest absolute Gasteiger partial charge is 0.117 e. The molecule has 0 spiro atoms. The minimum absolute atomic E-state index is 0.762. The van der Waals surface area contributed by atoms with Crippen molar-refractivity contribution in [3.8, 4) is 0 Å². The average Bonchev–Trinajstić information content (AvgIpc) is 3.28. The number of aromatic nitrogens is 1. The third-order valence-electron chi connectivity index (χ3n) is 5.38. The Bertz CT molecular complexity index is 825. The molecule has 0 bridgehead atoms. The molecule has 2 aliphatic heterocycles. The summed E-state index contributed by atoms with van der Waals surface area (Å²) in [5.74, 6) is 2.23. The van der Waals surface area contributed by atoms with Gasteiger partial charge in [-0.05, 0) is 43.7 Å². The van der Waals surface area contributed by atoms with Crippen molar-refractivity contribution in [1.82, 2.24) is 14.8 Å². The lowest BCUT2D eigenvalue weighted by atomic mass is 10.2. The molecule has 1 aromatic heterocycles. The number of anilines is 1. The van der Waals surface area contributed by atoms with Crippen LogP contribution in [0.4, 0.5) is 5.82 Å². The molecule has 0 amide bonds. The van der Waals surface area contributed by atoms with Gasteiger partial charge >= 0.3 is 0 Å². The van der Waals surface area contributed by atoms with Crippen molar-refractivity contribution in [2.75, 3.05) is 57.8 Å². The number of amidine groups is 1. The first-order valence-corrected chi connectivity index (χ1v) is 10.2. The number of nitrogens with zero attached hydrogens (tertiary/aromatic N) is 3. The Morgan fingerprint density at radius 2 is 2.15 bits per heavy atom. The molecule has 0 aliphatic carbocycles. The van der Waals surface area contributed by atoms with Gasteiger partial charge in [-0.1, -0.05) is 11.6 Å². The number of aryl methyl sites for hydroxylation is 1. The summed E-state index contributed by atoms with van der Waals surface area (Å²) in [7, 11) is 0. The van der Waals surface area contributed by atoms with Gasteiger partial charge in [-0.2, -0.15) is 0 Å². The molecule has 7 heteroatoms. The van der Waals surface area contributed by atoms with Crippen molar-refractivity contribution < 1.29 is 4.74 Å². The number of nitrogens with one attached hydrogen (secondary N) is 2. The predicted molar refractivity (Wildman–Crippen MR) is 112 cm³/mol. The van der Waals surface area contributed by atoms with Gasteiger partial charge < -0.3 is 19.9 Å². The largest absolute Gasteiger partial charge is 0.379 e. The molecular weight excluding hydrogens is 362 g/mol. The van der Waals surface area contributed by atoms with Crippen LogP contribution in [-0.2, 0) is 11.3 Å². The van der Waals surface area contributed by atoms with E-state index in [2.05, 4.69) is 44.1 Å². The summed E-state index contributed by atoms with van der Waals surface area (Å²) in [5, 5.41) is 9.05. The van der Waals surface area contributed by atoms with Crippen LogP contribution in [0.3, 0.4) is 0 Å². The fourth-order valence-corrected chi connectivity index (χ4v) is 4.10. The summed E-state index contributed by atoms with van der Waals surface area (Å²) in [6, 6.07) is 6.14. The third kappa shape index (κ3) is 4.23. The molecule has 4 rings (SSSR count). The second kappa shape index (κ2) is 8.50. The number of benzene rings is 1. The minimum Gasteiger partial charge on any atom is -0.379 e. The maximum absolute atomic E-state index is 6.25. The van der Waals surface area contributed by atoms with Crippen LogP contribution in [0.25, 0.3) is 10.9 Å². The maximum Gasteiger partial charge on any atom is 0.117 e. The topological polar surface area (TPSA) is 53.8 Å². The zero-order valence-electron chi connectivity index (χ0n) is 15.9. The maximum atomic E-state index is 6.25. The van der Waals surface area contributed by atoms with Crippen LogP contribution in [0.1, 0.15) is 12.0 Å². The van der Waals surface area contributed by atoms with E-state index in [0.717, 1.165) is 76.3 Å². The minimum atomic E-state index is 0.762. The van der Waals surface area contributed by atoms with Gasteiger partial charge in [0.15, 0.2) is 0 Å². The van der Waals surface area contributed by atoms with Gasteiger partial charge in [0.1, 0.15) is 11.7 Å². The number of rotatable bonds is 7. The van der Waals surface area contributed by atoms with E-state index in [1.165, 1.54) is 22.3 Å². The molecule has 0 saturated carbocycles. The van der Waals surface area contributed by atoms with E-state index in [1.807, 2.05) is 6.07 Å². The number of hydrogen-bond acceptors (Lipinski definition) is 5. The lowest BCUT2D eigenvalue weighted by Crippen LogP contribution is -2.37. The van der Waals surface area contributed by atoms with Crippen LogP contribution < -0.4 is 10.6 Å². The Morgan fingerprint density at radius 1 is 1.30 bits per heavy atom. The van der Waals surface area contributed by atoms with Crippen molar-refractivity contribution in [2.45, 2.75) is 19.9 Å². The summed E-state index contributed by atoms with van der Waals surface area (Å²) in [6.07, 6.45) is 1.11. The highest BCUT2D eigenvalue weighted by Gasteiger charge is 2.17. The van der Waals surface area contributed by atoms with Crippen molar-refractivity contribution in [1.29, 1.82) is 0 Å². The van der Waals surface area contributed by atoms with Gasteiger partial charge in [0.05, 0.1) is 31.8 Å². The van der Waals surface area contributed by atoms with E-state index in [1.54, 1.807) is 0 Å². The summed E-state index contributed by atoms with van der Waals surface area (Å²) < 4.78 is 7.75. The lowest BCUT2D eigenvalue weighted by Gasteiger charge is -2.26. The van der Waals surface area contributed by atoms with Gasteiger partial charge in [-0.25, -0.2) is 0 Å². The number of ether oxygens (including phenoxy) is 1. The first-order valence-electron chi connectivity index (χ1n) is 9.82. The van der Waals surface area contributed by atoms with Crippen LogP contribution >= 0.6 is 11.6 Å². The Labute approximate surface area is 165 Å². The quantitative estimate of drug-likeness (QED) is 0.715. The van der Waals surface area contributed by atoms with E-state index in [0.29, 0.717) is 0 Å². The number of hydrogen-bond donors (Lipinski definition) is 2. The molecular formula is C20H28ClN5O. The second-order valence-electron chi connectivity index (χ2n) is 7.21. The summed E-state index contributed by atoms with van der Waals surface area (Å²) in [6.45, 7) is 10.6. The fourth-order valence-electron chi connectivity index (χ4n) is 3.92. The summed E-state index contributed by atoms with van der Waals surface area (Å²) in [4.78, 5) is 7.05. The van der Waals surface area contributed by atoms with Crippen LogP contribution in [0.2, 0.25) is 5.02 Å². The highest BCUT2D eigenvalue weighted by Crippen LogP contribution is 2.31. The molecule has 27 heavy (non-hydrogen) atoms. The molecule has 3 heterocycles. The van der Waals surface area contributed by atoms with Crippen LogP contribution in [0.5, 0.6) is 0 Å². The van der Waals surface area contributed by atoms with Crippen LogP contribution in [0.15, 0.2) is 23.2 Å². The molecule has 146 valence electrons. The highest BCUT2D eigenvalue weighted by molar-refractivity contribution is 6.31. The van der Waals surface area contributed by atoms with E-state index in [4.69, 9.17) is 16.3 Å². The zero-order chi connectivity index (χ0) is 18.6. The van der Waals surface area contributed by atoms with Crippen molar-refractivity contribution in [2.24, 2.45) is 4.99 Å². The molecule has 1 aromatic carbocycles. The molecule has 0 unspecified atom stereocenters. The van der Waals surface area contributed by atoms with E-state index >= 15 is 0 Å². The SMILES string of the molecule is Cc1c(NCCCN2CCOCC2)n(CC2=NCCN2)c2ccc(Cl)cc12. The second-order valence-corrected chi connectivity index (χ2v) is 7.65. The summed E-state index contributed by atoms with van der Waals surface area (Å²) >= 11 is 6.25. The predicted octanol–water partition coefficient (Wildman–Crippen LogP) is 2.74. The Balaban J connectivity index is 1.50. The molecule has 0 atom stereocenters. The fraction of sp³-hybridized carbons (Fsp3) is 0.550. The third-order valence-corrected chi connectivity index (χ3v) is 5.61.